The summed E-state index contributed by atoms with van der Waals surface area (Å²) in [5, 5.41) is 0. The van der Waals surface area contributed by atoms with E-state index in [0.29, 0.717) is 21.8 Å². The smallest absolute Gasteiger partial charge is 0.264 e. The van der Waals surface area contributed by atoms with Crippen LogP contribution in [0.4, 0.5) is 14.5 Å². The van der Waals surface area contributed by atoms with Gasteiger partial charge >= 0.3 is 0 Å². The molecule has 0 heterocycles. The standard InChI is InChI=1S/C14H12BrF2NO2S/c1-8-5-9(2)14(11(15)6-8)18-21(19,20)13-7-10(16)3-4-12(13)17/h3-7,18H,1-2H3. The summed E-state index contributed by atoms with van der Waals surface area (Å²) in [4.78, 5) is -0.727. The maximum atomic E-state index is 13.6. The second kappa shape index (κ2) is 5.73. The van der Waals surface area contributed by atoms with Crippen LogP contribution in [-0.4, -0.2) is 8.42 Å². The SMILES string of the molecule is Cc1cc(C)c(NS(=O)(=O)c2cc(F)ccc2F)c(Br)c1. The first-order chi connectivity index (χ1) is 9.70. The third kappa shape index (κ3) is 3.41. The highest BCUT2D eigenvalue weighted by molar-refractivity contribution is 9.10. The molecule has 0 aliphatic heterocycles. The van der Waals surface area contributed by atoms with Gasteiger partial charge in [0.2, 0.25) is 0 Å². The summed E-state index contributed by atoms with van der Waals surface area (Å²) < 4.78 is 54.1. The topological polar surface area (TPSA) is 46.2 Å². The zero-order valence-corrected chi connectivity index (χ0v) is 13.6. The van der Waals surface area contributed by atoms with E-state index < -0.39 is 26.6 Å². The van der Waals surface area contributed by atoms with Crippen LogP contribution in [0.5, 0.6) is 0 Å². The number of sulfonamides is 1. The lowest BCUT2D eigenvalue weighted by molar-refractivity contribution is 0.555. The molecule has 0 saturated carbocycles. The molecule has 0 amide bonds. The summed E-state index contributed by atoms with van der Waals surface area (Å²) in [5.41, 5.74) is 1.91. The molecule has 2 aromatic carbocycles. The van der Waals surface area contributed by atoms with Crippen LogP contribution < -0.4 is 4.72 Å². The molecule has 0 radical (unpaired) electrons. The number of hydrogen-bond acceptors (Lipinski definition) is 2. The minimum Gasteiger partial charge on any atom is -0.278 e. The van der Waals surface area contributed by atoms with Crippen LogP contribution in [-0.2, 0) is 10.0 Å². The van der Waals surface area contributed by atoms with E-state index in [4.69, 9.17) is 0 Å². The Morgan fingerprint density at radius 2 is 1.76 bits per heavy atom. The first kappa shape index (κ1) is 15.9. The summed E-state index contributed by atoms with van der Waals surface area (Å²) in [5.74, 6) is -1.83. The molecule has 0 saturated heterocycles. The molecule has 112 valence electrons. The van der Waals surface area contributed by atoms with Gasteiger partial charge in [-0.1, -0.05) is 6.07 Å². The van der Waals surface area contributed by atoms with Crippen molar-refractivity contribution in [3.05, 3.63) is 57.6 Å². The van der Waals surface area contributed by atoms with E-state index in [-0.39, 0.29) is 0 Å². The fourth-order valence-electron chi connectivity index (χ4n) is 1.92. The number of rotatable bonds is 3. The van der Waals surface area contributed by atoms with E-state index in [0.717, 1.165) is 17.7 Å². The number of aryl methyl sites for hydroxylation is 2. The predicted octanol–water partition coefficient (Wildman–Crippen LogP) is 4.14. The van der Waals surface area contributed by atoms with Gasteiger partial charge in [0.1, 0.15) is 16.5 Å². The molecule has 0 fully saturated rings. The van der Waals surface area contributed by atoms with Crippen molar-refractivity contribution in [2.75, 3.05) is 4.72 Å². The molecule has 0 unspecified atom stereocenters. The molecule has 0 aromatic heterocycles. The Morgan fingerprint density at radius 1 is 1.10 bits per heavy atom. The van der Waals surface area contributed by atoms with Crippen molar-refractivity contribution < 1.29 is 17.2 Å². The average molecular weight is 376 g/mol. The fraction of sp³-hybridized carbons (Fsp3) is 0.143. The highest BCUT2D eigenvalue weighted by atomic mass is 79.9. The monoisotopic (exact) mass is 375 g/mol. The normalized spacial score (nSPS) is 11.5. The molecule has 1 N–H and O–H groups in total. The Balaban J connectivity index is 2.50. The van der Waals surface area contributed by atoms with Gasteiger partial charge in [0, 0.05) is 4.47 Å². The summed E-state index contributed by atoms with van der Waals surface area (Å²) >= 11 is 3.26. The zero-order chi connectivity index (χ0) is 15.8. The van der Waals surface area contributed by atoms with Gasteiger partial charge < -0.3 is 0 Å². The minimum atomic E-state index is -4.22. The van der Waals surface area contributed by atoms with E-state index in [2.05, 4.69) is 20.7 Å². The van der Waals surface area contributed by atoms with Crippen LogP contribution >= 0.6 is 15.9 Å². The lowest BCUT2D eigenvalue weighted by atomic mass is 10.1. The highest BCUT2D eigenvalue weighted by Gasteiger charge is 2.22. The molecule has 21 heavy (non-hydrogen) atoms. The average Bonchev–Trinajstić information content (AvgIpc) is 2.36. The van der Waals surface area contributed by atoms with E-state index >= 15 is 0 Å². The van der Waals surface area contributed by atoms with Gasteiger partial charge in [0.05, 0.1) is 5.69 Å². The van der Waals surface area contributed by atoms with Gasteiger partial charge in [0.15, 0.2) is 0 Å². The first-order valence-electron chi connectivity index (χ1n) is 5.95. The zero-order valence-electron chi connectivity index (χ0n) is 11.2. The van der Waals surface area contributed by atoms with Gasteiger partial charge in [-0.2, -0.15) is 0 Å². The molecule has 0 aliphatic rings. The Hall–Kier alpha value is -1.47. The van der Waals surface area contributed by atoms with Crippen molar-refractivity contribution in [2.24, 2.45) is 0 Å². The Kier molecular flexibility index (Phi) is 4.34. The van der Waals surface area contributed by atoms with Crippen molar-refractivity contribution in [1.29, 1.82) is 0 Å². The van der Waals surface area contributed by atoms with E-state index in [1.807, 2.05) is 6.92 Å². The van der Waals surface area contributed by atoms with Crippen LogP contribution in [0.1, 0.15) is 11.1 Å². The maximum absolute atomic E-state index is 13.6. The second-order valence-corrected chi connectivity index (χ2v) is 7.12. The van der Waals surface area contributed by atoms with E-state index in [9.17, 15) is 17.2 Å². The molecular weight excluding hydrogens is 364 g/mol. The van der Waals surface area contributed by atoms with Crippen molar-refractivity contribution in [3.63, 3.8) is 0 Å². The molecular formula is C14H12BrF2NO2S. The van der Waals surface area contributed by atoms with Crippen molar-refractivity contribution >= 4 is 31.6 Å². The van der Waals surface area contributed by atoms with Gasteiger partial charge in [-0.3, -0.25) is 4.72 Å². The van der Waals surface area contributed by atoms with Gasteiger partial charge in [0.25, 0.3) is 10.0 Å². The minimum absolute atomic E-state index is 0.296. The molecule has 2 rings (SSSR count). The van der Waals surface area contributed by atoms with Crippen molar-refractivity contribution in [3.8, 4) is 0 Å². The quantitative estimate of drug-likeness (QED) is 0.875. The molecule has 7 heteroatoms. The third-order valence-electron chi connectivity index (χ3n) is 2.85. The third-order valence-corrected chi connectivity index (χ3v) is 4.84. The van der Waals surface area contributed by atoms with Crippen molar-refractivity contribution in [1.82, 2.24) is 0 Å². The van der Waals surface area contributed by atoms with Crippen molar-refractivity contribution in [2.45, 2.75) is 18.7 Å². The number of halogens is 3. The van der Waals surface area contributed by atoms with Gasteiger partial charge in [-0.25, -0.2) is 17.2 Å². The van der Waals surface area contributed by atoms with Crippen LogP contribution in [0.15, 0.2) is 39.7 Å². The second-order valence-electron chi connectivity index (χ2n) is 4.62. The molecule has 2 aromatic rings. The van der Waals surface area contributed by atoms with Crippen LogP contribution in [0.3, 0.4) is 0 Å². The molecule has 0 aliphatic carbocycles. The summed E-state index contributed by atoms with van der Waals surface area (Å²) in [6.45, 7) is 3.58. The van der Waals surface area contributed by atoms with Gasteiger partial charge in [-0.05, 0) is 65.2 Å². The summed E-state index contributed by atoms with van der Waals surface area (Å²) in [6.07, 6.45) is 0. The highest BCUT2D eigenvalue weighted by Crippen LogP contribution is 2.30. The van der Waals surface area contributed by atoms with Crippen LogP contribution in [0.25, 0.3) is 0 Å². The summed E-state index contributed by atoms with van der Waals surface area (Å²) in [6, 6.07) is 5.80. The maximum Gasteiger partial charge on any atom is 0.264 e. The first-order valence-corrected chi connectivity index (χ1v) is 8.23. The number of benzene rings is 2. The largest absolute Gasteiger partial charge is 0.278 e. The van der Waals surface area contributed by atoms with E-state index in [1.54, 1.807) is 19.1 Å². The van der Waals surface area contributed by atoms with Crippen LogP contribution in [0.2, 0.25) is 0 Å². The predicted molar refractivity (Wildman–Crippen MR) is 80.8 cm³/mol. The molecule has 0 bridgehead atoms. The van der Waals surface area contributed by atoms with E-state index in [1.165, 1.54) is 0 Å². The Labute approximate surface area is 130 Å². The Morgan fingerprint density at radius 3 is 2.38 bits per heavy atom. The molecule has 3 nitrogen and oxygen atoms in total. The fourth-order valence-corrected chi connectivity index (χ4v) is 4.06. The number of nitrogens with one attached hydrogen (secondary N) is 1. The number of hydrogen-bond donors (Lipinski definition) is 1. The molecule has 0 atom stereocenters. The van der Waals surface area contributed by atoms with Crippen LogP contribution in [0, 0.1) is 25.5 Å². The lowest BCUT2D eigenvalue weighted by Crippen LogP contribution is -2.16. The number of anilines is 1. The summed E-state index contributed by atoms with van der Waals surface area (Å²) in [7, 11) is -4.22. The Bertz CT molecular complexity index is 784. The van der Waals surface area contributed by atoms with Gasteiger partial charge in [-0.15, -0.1) is 0 Å². The lowest BCUT2D eigenvalue weighted by Gasteiger charge is -2.14. The molecule has 0 spiro atoms.